The molecule has 0 aromatic heterocycles. The average Bonchev–Trinajstić information content (AvgIpc) is 3.30. The van der Waals surface area contributed by atoms with Crippen molar-refractivity contribution >= 4 is 21.6 Å². The molecule has 4 rings (SSSR count). The van der Waals surface area contributed by atoms with E-state index in [0.717, 1.165) is 36.9 Å². The molecule has 0 saturated heterocycles. The second kappa shape index (κ2) is 6.85. The molecule has 1 aliphatic carbocycles. The minimum Gasteiger partial charge on any atom is -0.308 e. The Morgan fingerprint density at radius 2 is 1.77 bits per heavy atom. The van der Waals surface area contributed by atoms with E-state index in [9.17, 15) is 13.2 Å². The van der Waals surface area contributed by atoms with Crippen LogP contribution in [0.3, 0.4) is 0 Å². The van der Waals surface area contributed by atoms with Gasteiger partial charge in [0.15, 0.2) is 0 Å². The Labute approximate surface area is 154 Å². The summed E-state index contributed by atoms with van der Waals surface area (Å²) in [6.45, 7) is 0.572. The summed E-state index contributed by atoms with van der Waals surface area (Å²) >= 11 is 0. The van der Waals surface area contributed by atoms with Gasteiger partial charge in [0.05, 0.1) is 4.90 Å². The molecule has 1 amide bonds. The summed E-state index contributed by atoms with van der Waals surface area (Å²) in [7, 11) is -3.51. The van der Waals surface area contributed by atoms with E-state index in [0.29, 0.717) is 18.5 Å². The number of rotatable bonds is 4. The van der Waals surface area contributed by atoms with Crippen LogP contribution in [0, 0.1) is 0 Å². The molecule has 2 aliphatic rings. The third-order valence-corrected chi connectivity index (χ3v) is 6.72. The fourth-order valence-electron chi connectivity index (χ4n) is 3.82. The van der Waals surface area contributed by atoms with Gasteiger partial charge in [-0.1, -0.05) is 31.0 Å². The Kier molecular flexibility index (Phi) is 4.54. The zero-order valence-corrected chi connectivity index (χ0v) is 15.3. The summed E-state index contributed by atoms with van der Waals surface area (Å²) < 4.78 is 28.1. The zero-order chi connectivity index (χ0) is 18.1. The van der Waals surface area contributed by atoms with Crippen LogP contribution in [0.4, 0.5) is 5.69 Å². The van der Waals surface area contributed by atoms with Gasteiger partial charge in [0, 0.05) is 23.8 Å². The Balaban J connectivity index is 1.57. The van der Waals surface area contributed by atoms with Crippen LogP contribution < -0.4 is 9.62 Å². The highest BCUT2D eigenvalue weighted by Gasteiger charge is 2.28. The van der Waals surface area contributed by atoms with Crippen molar-refractivity contribution in [3.63, 3.8) is 0 Å². The van der Waals surface area contributed by atoms with Crippen LogP contribution in [-0.2, 0) is 16.4 Å². The maximum atomic E-state index is 12.7. The normalized spacial score (nSPS) is 17.5. The van der Waals surface area contributed by atoms with Crippen LogP contribution in [0.1, 0.15) is 41.6 Å². The van der Waals surface area contributed by atoms with Crippen LogP contribution in [0.5, 0.6) is 0 Å². The minimum atomic E-state index is -3.51. The second-order valence-corrected chi connectivity index (χ2v) is 8.68. The van der Waals surface area contributed by atoms with Gasteiger partial charge in [0.2, 0.25) is 10.0 Å². The van der Waals surface area contributed by atoms with Gasteiger partial charge < -0.3 is 4.90 Å². The predicted molar refractivity (Wildman–Crippen MR) is 101 cm³/mol. The molecule has 26 heavy (non-hydrogen) atoms. The van der Waals surface area contributed by atoms with Gasteiger partial charge in [-0.05, 0) is 55.2 Å². The molecule has 1 aliphatic heterocycles. The zero-order valence-electron chi connectivity index (χ0n) is 14.5. The first-order valence-electron chi connectivity index (χ1n) is 9.07. The Hall–Kier alpha value is -2.18. The molecule has 0 atom stereocenters. The highest BCUT2D eigenvalue weighted by atomic mass is 32.2. The Bertz CT molecular complexity index is 919. The maximum Gasteiger partial charge on any atom is 0.258 e. The molecule has 2 aromatic carbocycles. The number of anilines is 1. The van der Waals surface area contributed by atoms with Crippen LogP contribution in [0.15, 0.2) is 53.4 Å². The number of sulfonamides is 1. The van der Waals surface area contributed by atoms with E-state index >= 15 is 0 Å². The lowest BCUT2D eigenvalue weighted by molar-refractivity contribution is 0.0989. The first-order valence-corrected chi connectivity index (χ1v) is 10.5. The standard InChI is InChI=1S/C20H22N2O3S/c23-20(15-6-2-1-3-7-15)22-13-12-16-14-18(10-11-19(16)22)26(24,25)21-17-8-4-5-9-17/h1-3,6-7,10-11,14,17,21H,4-5,8-9,12-13H2. The lowest BCUT2D eigenvalue weighted by atomic mass is 10.1. The fourth-order valence-corrected chi connectivity index (χ4v) is 5.18. The summed E-state index contributed by atoms with van der Waals surface area (Å²) in [5, 5.41) is 0. The third kappa shape index (κ3) is 3.27. The minimum absolute atomic E-state index is 0.0458. The van der Waals surface area contributed by atoms with E-state index in [1.165, 1.54) is 0 Å². The van der Waals surface area contributed by atoms with Gasteiger partial charge in [-0.15, -0.1) is 0 Å². The number of nitrogens with one attached hydrogen (secondary N) is 1. The smallest absolute Gasteiger partial charge is 0.258 e. The van der Waals surface area contributed by atoms with Crippen molar-refractivity contribution in [3.8, 4) is 0 Å². The van der Waals surface area contributed by atoms with E-state index in [-0.39, 0.29) is 16.8 Å². The molecule has 0 bridgehead atoms. The van der Waals surface area contributed by atoms with E-state index in [4.69, 9.17) is 0 Å². The molecule has 0 radical (unpaired) electrons. The van der Waals surface area contributed by atoms with Crippen LogP contribution in [0.2, 0.25) is 0 Å². The number of hydrogen-bond acceptors (Lipinski definition) is 3. The first kappa shape index (κ1) is 17.2. The van der Waals surface area contributed by atoms with Gasteiger partial charge >= 0.3 is 0 Å². The highest BCUT2D eigenvalue weighted by molar-refractivity contribution is 7.89. The molecule has 5 nitrogen and oxygen atoms in total. The van der Waals surface area contributed by atoms with Crippen LogP contribution >= 0.6 is 0 Å². The van der Waals surface area contributed by atoms with Gasteiger partial charge in [-0.25, -0.2) is 13.1 Å². The number of carbonyl (C=O) groups excluding carboxylic acids is 1. The van der Waals surface area contributed by atoms with Crippen LogP contribution in [0.25, 0.3) is 0 Å². The molecule has 1 N–H and O–H groups in total. The molecule has 1 heterocycles. The molecular weight excluding hydrogens is 348 g/mol. The van der Waals surface area contributed by atoms with Gasteiger partial charge in [-0.2, -0.15) is 0 Å². The van der Waals surface area contributed by atoms with Gasteiger partial charge in [0.1, 0.15) is 0 Å². The number of nitrogens with zero attached hydrogens (tertiary/aromatic N) is 1. The van der Waals surface area contributed by atoms with Crippen molar-refractivity contribution in [3.05, 3.63) is 59.7 Å². The van der Waals surface area contributed by atoms with Gasteiger partial charge in [0.25, 0.3) is 5.91 Å². The molecule has 0 spiro atoms. The summed E-state index contributed by atoms with van der Waals surface area (Å²) in [5.74, 6) is -0.0518. The molecule has 1 saturated carbocycles. The average molecular weight is 370 g/mol. The number of amides is 1. The Morgan fingerprint density at radius 3 is 2.50 bits per heavy atom. The molecule has 136 valence electrons. The first-order chi connectivity index (χ1) is 12.5. The summed E-state index contributed by atoms with van der Waals surface area (Å²) in [5.41, 5.74) is 2.35. The SMILES string of the molecule is O=C(c1ccccc1)N1CCc2cc(S(=O)(=O)NC3CCCC3)ccc21. The largest absolute Gasteiger partial charge is 0.308 e. The summed E-state index contributed by atoms with van der Waals surface area (Å²) in [4.78, 5) is 14.7. The Morgan fingerprint density at radius 1 is 1.04 bits per heavy atom. The van der Waals surface area contributed by atoms with Crippen molar-refractivity contribution < 1.29 is 13.2 Å². The monoisotopic (exact) mass is 370 g/mol. The van der Waals surface area contributed by atoms with Crippen molar-refractivity contribution in [2.24, 2.45) is 0 Å². The fraction of sp³-hybridized carbons (Fsp3) is 0.350. The van der Waals surface area contributed by atoms with Gasteiger partial charge in [-0.3, -0.25) is 4.79 Å². The highest BCUT2D eigenvalue weighted by Crippen LogP contribution is 2.31. The lowest BCUT2D eigenvalue weighted by Gasteiger charge is -2.18. The number of benzene rings is 2. The van der Waals surface area contributed by atoms with Crippen molar-refractivity contribution in [2.45, 2.75) is 43.0 Å². The topological polar surface area (TPSA) is 66.5 Å². The van der Waals surface area contributed by atoms with E-state index in [2.05, 4.69) is 4.72 Å². The predicted octanol–water partition coefficient (Wildman–Crippen LogP) is 3.11. The molecule has 0 unspecified atom stereocenters. The van der Waals surface area contributed by atoms with E-state index in [1.54, 1.807) is 35.2 Å². The summed E-state index contributed by atoms with van der Waals surface area (Å²) in [6.07, 6.45) is 4.63. The molecule has 2 aromatic rings. The van der Waals surface area contributed by atoms with Crippen LogP contribution in [-0.4, -0.2) is 26.9 Å². The number of fused-ring (bicyclic) bond motifs is 1. The molecule has 1 fully saturated rings. The third-order valence-electron chi connectivity index (χ3n) is 5.20. The van der Waals surface area contributed by atoms with Crippen molar-refractivity contribution in [2.75, 3.05) is 11.4 Å². The molecule has 6 heteroatoms. The molecular formula is C20H22N2O3S. The number of hydrogen-bond donors (Lipinski definition) is 1. The van der Waals surface area contributed by atoms with Crippen molar-refractivity contribution in [1.29, 1.82) is 0 Å². The quantitative estimate of drug-likeness (QED) is 0.899. The van der Waals surface area contributed by atoms with Crippen molar-refractivity contribution in [1.82, 2.24) is 4.72 Å². The maximum absolute atomic E-state index is 12.7. The van der Waals surface area contributed by atoms with E-state index in [1.807, 2.05) is 18.2 Å². The second-order valence-electron chi connectivity index (χ2n) is 6.97. The number of carbonyl (C=O) groups is 1. The summed E-state index contributed by atoms with van der Waals surface area (Å²) in [6, 6.07) is 14.3. The lowest BCUT2D eigenvalue weighted by Crippen LogP contribution is -2.32. The van der Waals surface area contributed by atoms with E-state index < -0.39 is 10.0 Å².